The Morgan fingerprint density at radius 2 is 2.00 bits per heavy atom. The van der Waals surface area contributed by atoms with Crippen LogP contribution in [0.15, 0.2) is 48.9 Å². The van der Waals surface area contributed by atoms with E-state index in [2.05, 4.69) is 44.2 Å². The van der Waals surface area contributed by atoms with E-state index in [-0.39, 0.29) is 56.9 Å². The van der Waals surface area contributed by atoms with Crippen LogP contribution in [0.5, 0.6) is 0 Å². The molecule has 1 aromatic carbocycles. The maximum Gasteiger partial charge on any atom is 0.417 e. The lowest BCUT2D eigenvalue weighted by Gasteiger charge is -2.53. The molecule has 2 aromatic heterocycles. The Bertz CT molecular complexity index is 1540. The molecule has 0 unspecified atom stereocenters. The predicted molar refractivity (Wildman–Crippen MR) is 149 cm³/mol. The second-order valence-electron chi connectivity index (χ2n) is 12.2. The van der Waals surface area contributed by atoms with E-state index in [0.29, 0.717) is 5.56 Å². The molecule has 8 heteroatoms. The summed E-state index contributed by atoms with van der Waals surface area (Å²) in [6.07, 6.45) is -0.237. The summed E-state index contributed by atoms with van der Waals surface area (Å²) in [7, 11) is 1.74. The number of pyridine rings is 1. The fourth-order valence-electron chi connectivity index (χ4n) is 7.18. The van der Waals surface area contributed by atoms with E-state index < -0.39 is 23.9 Å². The molecule has 2 aliphatic rings. The van der Waals surface area contributed by atoms with Crippen molar-refractivity contribution in [2.24, 2.45) is 24.8 Å². The second-order valence-corrected chi connectivity index (χ2v) is 12.2. The van der Waals surface area contributed by atoms with Gasteiger partial charge in [-0.2, -0.15) is 18.4 Å². The molecule has 0 N–H and O–H groups in total. The van der Waals surface area contributed by atoms with E-state index >= 15 is 0 Å². The van der Waals surface area contributed by atoms with Crippen LogP contribution in [0.2, 0.25) is 0 Å². The van der Waals surface area contributed by atoms with Gasteiger partial charge in [0.15, 0.2) is 5.78 Å². The molecule has 1 aliphatic heterocycles. The first-order valence-electron chi connectivity index (χ1n) is 13.8. The van der Waals surface area contributed by atoms with E-state index in [9.17, 15) is 23.2 Å². The summed E-state index contributed by atoms with van der Waals surface area (Å²) in [6.45, 7) is 13.7. The molecule has 2 bridgehead atoms. The van der Waals surface area contributed by atoms with Crippen molar-refractivity contribution in [2.75, 3.05) is 6.54 Å². The Morgan fingerprint density at radius 1 is 1.27 bits per heavy atom. The number of aromatic nitrogens is 2. The molecule has 5 nitrogen and oxygen atoms in total. The summed E-state index contributed by atoms with van der Waals surface area (Å²) in [5.41, 5.74) is 1.32. The monoisotopic (exact) mass is 548 g/mol. The van der Waals surface area contributed by atoms with Gasteiger partial charge in [-0.25, -0.2) is 4.98 Å². The van der Waals surface area contributed by atoms with Crippen molar-refractivity contribution in [3.05, 3.63) is 76.8 Å². The highest BCUT2D eigenvalue weighted by Gasteiger charge is 2.54. The Morgan fingerprint density at radius 3 is 2.65 bits per heavy atom. The van der Waals surface area contributed by atoms with Gasteiger partial charge in [0.25, 0.3) is 0 Å². The number of hydrogen-bond acceptors (Lipinski definition) is 4. The first-order chi connectivity index (χ1) is 18.8. The van der Waals surface area contributed by atoms with Crippen molar-refractivity contribution in [1.29, 1.82) is 5.26 Å². The lowest BCUT2D eigenvalue weighted by Crippen LogP contribution is -2.55. The number of allylic oxidation sites excluding steroid dienone is 1. The molecule has 3 aromatic rings. The molecular formula is C32H35F3N4O. The normalized spacial score (nSPS) is 22.1. The van der Waals surface area contributed by atoms with Crippen LogP contribution >= 0.6 is 0 Å². The van der Waals surface area contributed by atoms with Gasteiger partial charge in [0.05, 0.1) is 17.2 Å². The van der Waals surface area contributed by atoms with Gasteiger partial charge in [0, 0.05) is 54.6 Å². The summed E-state index contributed by atoms with van der Waals surface area (Å²) in [5.74, 6) is 0.0773. The summed E-state index contributed by atoms with van der Waals surface area (Å²) >= 11 is 0. The minimum absolute atomic E-state index is 0.0592. The van der Waals surface area contributed by atoms with Crippen molar-refractivity contribution in [1.82, 2.24) is 14.5 Å². The largest absolute Gasteiger partial charge is 0.417 e. The number of alkyl halides is 3. The van der Waals surface area contributed by atoms with Gasteiger partial charge in [-0.1, -0.05) is 32.6 Å². The molecule has 0 radical (unpaired) electrons. The van der Waals surface area contributed by atoms with Gasteiger partial charge in [0.2, 0.25) is 0 Å². The lowest BCUT2D eigenvalue weighted by molar-refractivity contribution is -0.136. The smallest absolute Gasteiger partial charge is 0.369 e. The van der Waals surface area contributed by atoms with Crippen LogP contribution in [-0.2, 0) is 19.6 Å². The molecule has 1 saturated carbocycles. The van der Waals surface area contributed by atoms with Crippen LogP contribution in [-0.4, -0.2) is 32.3 Å². The Hall–Kier alpha value is -3.60. The quantitative estimate of drug-likeness (QED) is 0.304. The summed E-state index contributed by atoms with van der Waals surface area (Å²) in [4.78, 5) is 20.0. The van der Waals surface area contributed by atoms with Gasteiger partial charge < -0.3 is 9.47 Å². The van der Waals surface area contributed by atoms with E-state index in [1.54, 1.807) is 23.7 Å². The first kappa shape index (κ1) is 27.9. The topological polar surface area (TPSA) is 61.9 Å². The number of ketones is 1. The Labute approximate surface area is 233 Å². The molecule has 3 atom stereocenters. The van der Waals surface area contributed by atoms with Crippen LogP contribution in [0.3, 0.4) is 0 Å². The van der Waals surface area contributed by atoms with Crippen LogP contribution in [0, 0.1) is 29.1 Å². The van der Waals surface area contributed by atoms with E-state index in [1.807, 2.05) is 12.3 Å². The zero-order valence-corrected chi connectivity index (χ0v) is 23.6. The Balaban J connectivity index is 1.63. The molecule has 40 heavy (non-hydrogen) atoms. The number of nitrogens with zero attached hydrogens (tertiary/aromatic N) is 4. The van der Waals surface area contributed by atoms with Gasteiger partial charge in [-0.3, -0.25) is 4.79 Å². The number of rotatable bonds is 6. The zero-order chi connectivity index (χ0) is 29.1. The molecule has 5 rings (SSSR count). The van der Waals surface area contributed by atoms with Crippen molar-refractivity contribution in [2.45, 2.75) is 64.6 Å². The SMILES string of the molecule is C=C(C(C)C)N1C[C@H]2CC[C@H]([C@@H]2c2cn(C)c3ncc(CC(=O)c4cccc(C#N)c4)c(C(F)(F)F)c23)C1(C)C. The minimum Gasteiger partial charge on any atom is -0.369 e. The van der Waals surface area contributed by atoms with Crippen molar-refractivity contribution < 1.29 is 18.0 Å². The molecule has 1 saturated heterocycles. The molecule has 0 spiro atoms. The number of aryl methyl sites for hydroxylation is 1. The zero-order valence-electron chi connectivity index (χ0n) is 23.6. The highest BCUT2D eigenvalue weighted by atomic mass is 19.4. The Kier molecular flexibility index (Phi) is 6.84. The van der Waals surface area contributed by atoms with E-state index in [4.69, 9.17) is 0 Å². The van der Waals surface area contributed by atoms with Crippen LogP contribution in [0.25, 0.3) is 11.0 Å². The highest BCUT2D eigenvalue weighted by Crippen LogP contribution is 2.57. The second kappa shape index (κ2) is 9.79. The van der Waals surface area contributed by atoms with Gasteiger partial charge in [-0.05, 0) is 73.6 Å². The average molecular weight is 549 g/mol. The third kappa shape index (κ3) is 4.49. The lowest BCUT2D eigenvalue weighted by atomic mass is 9.69. The van der Waals surface area contributed by atoms with E-state index in [1.165, 1.54) is 18.3 Å². The number of benzene rings is 1. The average Bonchev–Trinajstić information content (AvgIpc) is 3.42. The molecule has 1 aliphatic carbocycles. The maximum absolute atomic E-state index is 14.9. The van der Waals surface area contributed by atoms with Gasteiger partial charge in [0.1, 0.15) is 5.65 Å². The third-order valence-corrected chi connectivity index (χ3v) is 9.22. The highest BCUT2D eigenvalue weighted by molar-refractivity contribution is 5.99. The number of likely N-dealkylation sites (tertiary alicyclic amines) is 1. The van der Waals surface area contributed by atoms with Gasteiger partial charge in [-0.15, -0.1) is 0 Å². The number of hydrogen-bond donors (Lipinski definition) is 0. The van der Waals surface area contributed by atoms with Crippen LogP contribution in [0.1, 0.15) is 79.1 Å². The number of fused-ring (bicyclic) bond motifs is 3. The molecule has 2 fully saturated rings. The number of Topliss-reactive ketones (excluding diaryl/α,β-unsaturated/α-hetero) is 1. The van der Waals surface area contributed by atoms with Crippen molar-refractivity contribution >= 4 is 16.8 Å². The third-order valence-electron chi connectivity index (χ3n) is 9.22. The summed E-state index contributed by atoms with van der Waals surface area (Å²) in [6, 6.07) is 8.02. The van der Waals surface area contributed by atoms with Crippen molar-refractivity contribution in [3.8, 4) is 6.07 Å². The van der Waals surface area contributed by atoms with E-state index in [0.717, 1.165) is 25.1 Å². The molecule has 210 valence electrons. The van der Waals surface area contributed by atoms with Crippen molar-refractivity contribution in [3.63, 3.8) is 0 Å². The summed E-state index contributed by atoms with van der Waals surface area (Å²) in [5, 5.41) is 9.30. The summed E-state index contributed by atoms with van der Waals surface area (Å²) < 4.78 is 46.4. The fraction of sp³-hybridized carbons (Fsp3) is 0.469. The molecule has 3 heterocycles. The predicted octanol–water partition coefficient (Wildman–Crippen LogP) is 7.26. The first-order valence-corrected chi connectivity index (χ1v) is 13.8. The number of halogens is 3. The molecular weight excluding hydrogens is 513 g/mol. The van der Waals surface area contributed by atoms with Crippen LogP contribution in [0.4, 0.5) is 13.2 Å². The fourth-order valence-corrected chi connectivity index (χ4v) is 7.18. The molecule has 0 amide bonds. The maximum atomic E-state index is 14.9. The number of carbonyl (C=O) groups excluding carboxylic acids is 1. The standard InChI is InChI=1S/C32H35F3N4O/c1-18(2)19(3)39-16-22-10-11-25(31(39,4)5)27(22)24-17-38(6)30-28(24)29(32(33,34)35)23(15-37-30)13-26(40)21-9-7-8-20(12-21)14-36/h7-9,12,15,17-18,22,25,27H,3,10-11,13,16H2,1-2,4-6H3/t22-,25-,27+/m1/s1. The number of carbonyl (C=O) groups is 1. The number of piperidine rings is 1. The number of nitriles is 1. The minimum atomic E-state index is -4.68. The van der Waals surface area contributed by atoms with Gasteiger partial charge >= 0.3 is 6.18 Å². The van der Waals surface area contributed by atoms with Crippen LogP contribution < -0.4 is 0 Å².